The molecule has 1 amide bonds. The summed E-state index contributed by atoms with van der Waals surface area (Å²) >= 11 is 0. The van der Waals surface area contributed by atoms with Gasteiger partial charge in [-0.05, 0) is 13.0 Å². The number of Topliss-reactive ketones (excluding diaryl/α,β-unsaturated/α-hetero) is 1. The van der Waals surface area contributed by atoms with Crippen LogP contribution in [-0.4, -0.2) is 42.0 Å². The van der Waals surface area contributed by atoms with E-state index in [-0.39, 0.29) is 17.0 Å². The standard InChI is InChI=1S/C11H11F3N2O4/c1-6(17)7-2-8(15-3-7)10(19)20-4-9(18)16-5-11(12,13)14/h2-3,15H,4-5H2,1H3,(H,16,18). The Morgan fingerprint density at radius 2 is 2.00 bits per heavy atom. The molecule has 0 aliphatic heterocycles. The van der Waals surface area contributed by atoms with Gasteiger partial charge in [0.15, 0.2) is 12.4 Å². The Labute approximate surface area is 111 Å². The molecule has 0 aliphatic carbocycles. The van der Waals surface area contributed by atoms with Crippen LogP contribution in [0.3, 0.4) is 0 Å². The van der Waals surface area contributed by atoms with E-state index in [1.54, 1.807) is 5.32 Å². The number of alkyl halides is 3. The first-order valence-electron chi connectivity index (χ1n) is 5.39. The lowest BCUT2D eigenvalue weighted by Gasteiger charge is -2.08. The number of amides is 1. The first-order chi connectivity index (χ1) is 9.19. The van der Waals surface area contributed by atoms with E-state index in [9.17, 15) is 27.6 Å². The fraction of sp³-hybridized carbons (Fsp3) is 0.364. The summed E-state index contributed by atoms with van der Waals surface area (Å²) in [6.45, 7) is -1.05. The average molecular weight is 292 g/mol. The highest BCUT2D eigenvalue weighted by atomic mass is 19.4. The van der Waals surface area contributed by atoms with Crippen molar-refractivity contribution in [3.63, 3.8) is 0 Å². The number of hydrogen-bond donors (Lipinski definition) is 2. The van der Waals surface area contributed by atoms with E-state index in [4.69, 9.17) is 0 Å². The van der Waals surface area contributed by atoms with Crippen LogP contribution in [0.1, 0.15) is 27.8 Å². The van der Waals surface area contributed by atoms with Gasteiger partial charge in [0.25, 0.3) is 5.91 Å². The summed E-state index contributed by atoms with van der Waals surface area (Å²) in [7, 11) is 0. The van der Waals surface area contributed by atoms with Crippen LogP contribution in [0, 0.1) is 0 Å². The minimum absolute atomic E-state index is 0.0705. The van der Waals surface area contributed by atoms with Crippen LogP contribution in [0.15, 0.2) is 12.3 Å². The van der Waals surface area contributed by atoms with Crippen LogP contribution in [0.25, 0.3) is 0 Å². The van der Waals surface area contributed by atoms with Crippen molar-refractivity contribution in [3.05, 3.63) is 23.5 Å². The van der Waals surface area contributed by atoms with E-state index in [2.05, 4.69) is 9.72 Å². The summed E-state index contributed by atoms with van der Waals surface area (Å²) in [6, 6.07) is 1.22. The van der Waals surface area contributed by atoms with E-state index in [0.29, 0.717) is 0 Å². The van der Waals surface area contributed by atoms with Crippen molar-refractivity contribution in [1.29, 1.82) is 0 Å². The maximum absolute atomic E-state index is 11.8. The number of ketones is 1. The normalized spacial score (nSPS) is 11.0. The number of ether oxygens (including phenoxy) is 1. The number of esters is 1. The number of aromatic nitrogens is 1. The van der Waals surface area contributed by atoms with Gasteiger partial charge in [-0.15, -0.1) is 0 Å². The average Bonchev–Trinajstić information content (AvgIpc) is 2.82. The van der Waals surface area contributed by atoms with Crippen LogP contribution in [0.5, 0.6) is 0 Å². The molecule has 1 aromatic rings. The first-order valence-corrected chi connectivity index (χ1v) is 5.39. The summed E-state index contributed by atoms with van der Waals surface area (Å²) in [5.74, 6) is -2.29. The maximum atomic E-state index is 11.8. The molecule has 0 atom stereocenters. The highest BCUT2D eigenvalue weighted by Crippen LogP contribution is 2.12. The van der Waals surface area contributed by atoms with Gasteiger partial charge in [0.05, 0.1) is 0 Å². The predicted octanol–water partition coefficient (Wildman–Crippen LogP) is 1.05. The van der Waals surface area contributed by atoms with Crippen molar-refractivity contribution in [2.45, 2.75) is 13.1 Å². The Kier molecular flexibility index (Phi) is 4.89. The van der Waals surface area contributed by atoms with Gasteiger partial charge in [-0.25, -0.2) is 4.79 Å². The van der Waals surface area contributed by atoms with Crippen LogP contribution in [-0.2, 0) is 9.53 Å². The molecule has 0 aromatic carbocycles. The molecule has 6 nitrogen and oxygen atoms in total. The number of nitrogens with one attached hydrogen (secondary N) is 2. The third kappa shape index (κ3) is 5.12. The Morgan fingerprint density at radius 3 is 2.50 bits per heavy atom. The monoisotopic (exact) mass is 292 g/mol. The second-order valence-electron chi connectivity index (χ2n) is 3.83. The van der Waals surface area contributed by atoms with Gasteiger partial charge < -0.3 is 15.0 Å². The number of H-pyrrole nitrogens is 1. The molecule has 9 heteroatoms. The van der Waals surface area contributed by atoms with Crippen molar-refractivity contribution in [2.24, 2.45) is 0 Å². The zero-order valence-corrected chi connectivity index (χ0v) is 10.3. The molecule has 0 fully saturated rings. The minimum Gasteiger partial charge on any atom is -0.451 e. The summed E-state index contributed by atoms with van der Waals surface area (Å²) in [5, 5.41) is 1.55. The molecule has 0 radical (unpaired) electrons. The van der Waals surface area contributed by atoms with E-state index in [1.165, 1.54) is 19.2 Å². The molecule has 0 saturated carbocycles. The number of halogens is 3. The smallest absolute Gasteiger partial charge is 0.405 e. The molecule has 1 aromatic heterocycles. The number of aromatic amines is 1. The molecule has 1 rings (SSSR count). The van der Waals surface area contributed by atoms with Gasteiger partial charge in [-0.2, -0.15) is 13.2 Å². The lowest BCUT2D eigenvalue weighted by atomic mass is 10.2. The lowest BCUT2D eigenvalue weighted by Crippen LogP contribution is -2.36. The zero-order chi connectivity index (χ0) is 15.3. The molecule has 2 N–H and O–H groups in total. The van der Waals surface area contributed by atoms with Crippen LogP contribution < -0.4 is 5.32 Å². The molecule has 110 valence electrons. The third-order valence-corrected chi connectivity index (χ3v) is 2.13. The van der Waals surface area contributed by atoms with E-state index in [0.717, 1.165) is 0 Å². The van der Waals surface area contributed by atoms with Crippen LogP contribution in [0.2, 0.25) is 0 Å². The van der Waals surface area contributed by atoms with Gasteiger partial charge in [0.2, 0.25) is 0 Å². The lowest BCUT2D eigenvalue weighted by molar-refractivity contribution is -0.140. The SMILES string of the molecule is CC(=O)c1c[nH]c(C(=O)OCC(=O)NCC(F)(F)F)c1. The van der Waals surface area contributed by atoms with Gasteiger partial charge in [-0.3, -0.25) is 9.59 Å². The van der Waals surface area contributed by atoms with Gasteiger partial charge in [-0.1, -0.05) is 0 Å². The molecular weight excluding hydrogens is 281 g/mol. The molecule has 0 bridgehead atoms. The van der Waals surface area contributed by atoms with Crippen molar-refractivity contribution in [3.8, 4) is 0 Å². The molecule has 0 aliphatic rings. The predicted molar refractivity (Wildman–Crippen MR) is 60.1 cm³/mol. The Bertz CT molecular complexity index is 522. The molecule has 0 unspecified atom stereocenters. The topological polar surface area (TPSA) is 88.3 Å². The van der Waals surface area contributed by atoms with E-state index in [1.807, 2.05) is 0 Å². The molecule has 0 saturated heterocycles. The van der Waals surface area contributed by atoms with Gasteiger partial charge in [0.1, 0.15) is 12.2 Å². The van der Waals surface area contributed by atoms with Crippen LogP contribution in [0.4, 0.5) is 13.2 Å². The molecule has 0 spiro atoms. The number of carbonyl (C=O) groups excluding carboxylic acids is 3. The Hall–Kier alpha value is -2.32. The second kappa shape index (κ2) is 6.22. The highest BCUT2D eigenvalue weighted by molar-refractivity contribution is 5.97. The first kappa shape index (κ1) is 15.7. The van der Waals surface area contributed by atoms with Crippen molar-refractivity contribution < 1.29 is 32.3 Å². The fourth-order valence-electron chi connectivity index (χ4n) is 1.17. The maximum Gasteiger partial charge on any atom is 0.405 e. The minimum atomic E-state index is -4.53. The quantitative estimate of drug-likeness (QED) is 0.627. The number of carbonyl (C=O) groups is 3. The number of hydrogen-bond acceptors (Lipinski definition) is 4. The van der Waals surface area contributed by atoms with Crippen LogP contribution >= 0.6 is 0 Å². The summed E-state index contributed by atoms with van der Waals surface area (Å²) < 4.78 is 39.9. The van der Waals surface area contributed by atoms with Gasteiger partial charge >= 0.3 is 12.1 Å². The third-order valence-electron chi connectivity index (χ3n) is 2.13. The summed E-state index contributed by atoms with van der Waals surface area (Å²) in [6.07, 6.45) is -3.25. The Morgan fingerprint density at radius 1 is 1.35 bits per heavy atom. The molecular formula is C11H11F3N2O4. The Balaban J connectivity index is 2.42. The van der Waals surface area contributed by atoms with Crippen molar-refractivity contribution in [2.75, 3.05) is 13.2 Å². The zero-order valence-electron chi connectivity index (χ0n) is 10.3. The molecule has 1 heterocycles. The second-order valence-corrected chi connectivity index (χ2v) is 3.83. The van der Waals surface area contributed by atoms with E-state index < -0.39 is 31.2 Å². The summed E-state index contributed by atoms with van der Waals surface area (Å²) in [4.78, 5) is 35.8. The highest BCUT2D eigenvalue weighted by Gasteiger charge is 2.27. The molecule has 20 heavy (non-hydrogen) atoms. The summed E-state index contributed by atoms with van der Waals surface area (Å²) in [5.41, 5.74) is 0.178. The fourth-order valence-corrected chi connectivity index (χ4v) is 1.17. The van der Waals surface area contributed by atoms with Crippen molar-refractivity contribution in [1.82, 2.24) is 10.3 Å². The number of rotatable bonds is 5. The van der Waals surface area contributed by atoms with E-state index >= 15 is 0 Å². The largest absolute Gasteiger partial charge is 0.451 e. The van der Waals surface area contributed by atoms with Gasteiger partial charge in [0, 0.05) is 11.8 Å². The van der Waals surface area contributed by atoms with Crippen molar-refractivity contribution >= 4 is 17.7 Å².